The second-order valence-corrected chi connectivity index (χ2v) is 11.8. The van der Waals surface area contributed by atoms with Gasteiger partial charge in [-0.3, -0.25) is 14.5 Å². The number of phenolic OH excluding ortho intramolecular Hbond substituents is 1. The number of nitrogens with zero attached hydrogens (tertiary/aromatic N) is 1. The van der Waals surface area contributed by atoms with E-state index in [0.717, 1.165) is 34.4 Å². The first-order chi connectivity index (χ1) is 18.2. The van der Waals surface area contributed by atoms with E-state index < -0.39 is 23.9 Å². The topological polar surface area (TPSA) is 98.1 Å². The van der Waals surface area contributed by atoms with Crippen molar-refractivity contribution in [3.8, 4) is 5.75 Å². The van der Waals surface area contributed by atoms with Gasteiger partial charge in [0, 0.05) is 10.8 Å². The van der Waals surface area contributed by atoms with Crippen LogP contribution in [0.25, 0.3) is 6.08 Å². The number of allylic oxidation sites excluding steroid dienone is 2. The van der Waals surface area contributed by atoms with Gasteiger partial charge in [-0.25, -0.2) is 0 Å². The van der Waals surface area contributed by atoms with E-state index in [-0.39, 0.29) is 36.6 Å². The van der Waals surface area contributed by atoms with E-state index in [1.807, 2.05) is 43.5 Å². The van der Waals surface area contributed by atoms with Crippen LogP contribution in [-0.2, 0) is 16.1 Å². The van der Waals surface area contributed by atoms with Crippen LogP contribution in [0.15, 0.2) is 58.5 Å². The summed E-state index contributed by atoms with van der Waals surface area (Å²) in [4.78, 5) is 29.2. The molecule has 2 aliphatic rings. The van der Waals surface area contributed by atoms with Crippen molar-refractivity contribution >= 4 is 29.2 Å². The number of hydrogen-bond acceptors (Lipinski definition) is 6. The Bertz CT molecular complexity index is 1200. The zero-order valence-corrected chi connectivity index (χ0v) is 23.3. The summed E-state index contributed by atoms with van der Waals surface area (Å²) in [5.74, 6) is -1.81. The standard InChI is InChI=1S/C31H39NO5S/c1-4-7-20(14-21-8-5-9-22(34)15-21)11-12-27(35)28-24(19(2)3)16-25-29(26(28)18-33)31(37)32(30(25)36)17-23-10-6-13-38-23/h5-6,8-10,13-15,19,25-27,29,33-35H,4,7,11-12,16-18H2,1-3H3/b20-14+/t25-,26+,27-,29-/m1/s1. The van der Waals surface area contributed by atoms with Crippen molar-refractivity contribution in [3.05, 3.63) is 68.9 Å². The Morgan fingerprint density at radius 1 is 1.16 bits per heavy atom. The van der Waals surface area contributed by atoms with E-state index in [2.05, 4.69) is 13.0 Å². The number of benzene rings is 1. The molecular weight excluding hydrogens is 498 g/mol. The predicted molar refractivity (Wildman–Crippen MR) is 150 cm³/mol. The molecule has 1 saturated heterocycles. The maximum atomic E-state index is 13.5. The molecule has 0 bridgehead atoms. The number of thiophene rings is 1. The second kappa shape index (κ2) is 12.4. The number of aliphatic hydroxyl groups is 2. The number of aliphatic hydroxyl groups excluding tert-OH is 2. The lowest BCUT2D eigenvalue weighted by Gasteiger charge is -2.38. The fraction of sp³-hybridized carbons (Fsp3) is 0.484. The number of imide groups is 1. The third-order valence-electron chi connectivity index (χ3n) is 7.91. The van der Waals surface area contributed by atoms with Gasteiger partial charge >= 0.3 is 0 Å². The first-order valence-electron chi connectivity index (χ1n) is 13.6. The van der Waals surface area contributed by atoms with Crippen molar-refractivity contribution in [1.82, 2.24) is 4.90 Å². The average Bonchev–Trinajstić information content (AvgIpc) is 3.49. The molecule has 1 aromatic heterocycles. The number of rotatable bonds is 11. The minimum absolute atomic E-state index is 0.0850. The van der Waals surface area contributed by atoms with E-state index in [9.17, 15) is 24.9 Å². The first kappa shape index (κ1) is 28.3. The van der Waals surface area contributed by atoms with Gasteiger partial charge in [-0.05, 0) is 66.3 Å². The van der Waals surface area contributed by atoms with Crippen molar-refractivity contribution in [2.75, 3.05) is 6.61 Å². The van der Waals surface area contributed by atoms with Crippen LogP contribution in [0.2, 0.25) is 0 Å². The van der Waals surface area contributed by atoms with Gasteiger partial charge in [0.1, 0.15) is 5.75 Å². The molecule has 3 N–H and O–H groups in total. The summed E-state index contributed by atoms with van der Waals surface area (Å²) < 4.78 is 0. The highest BCUT2D eigenvalue weighted by Crippen LogP contribution is 2.48. The van der Waals surface area contributed by atoms with Crippen LogP contribution in [0.3, 0.4) is 0 Å². The SMILES string of the molecule is CCC/C(=C\c1cccc(O)c1)CC[C@@H](O)C1=C(C(C)C)C[C@H]2C(=O)N(Cc3cccs3)C(=O)[C@H]2[C@H]1CO. The average molecular weight is 538 g/mol. The van der Waals surface area contributed by atoms with Crippen LogP contribution < -0.4 is 0 Å². The Morgan fingerprint density at radius 3 is 2.58 bits per heavy atom. The molecule has 0 unspecified atom stereocenters. The van der Waals surface area contributed by atoms with Gasteiger partial charge in [0.15, 0.2) is 0 Å². The number of aromatic hydroxyl groups is 1. The molecule has 38 heavy (non-hydrogen) atoms. The normalized spacial score (nSPS) is 22.9. The lowest BCUT2D eigenvalue weighted by Crippen LogP contribution is -2.39. The molecule has 204 valence electrons. The Kier molecular flexibility index (Phi) is 9.23. The molecule has 1 aliphatic carbocycles. The van der Waals surface area contributed by atoms with Gasteiger partial charge in [0.2, 0.25) is 11.8 Å². The summed E-state index contributed by atoms with van der Waals surface area (Å²) in [6.45, 7) is 6.18. The molecule has 6 nitrogen and oxygen atoms in total. The zero-order chi connectivity index (χ0) is 27.4. The monoisotopic (exact) mass is 537 g/mol. The highest BCUT2D eigenvalue weighted by molar-refractivity contribution is 7.09. The van der Waals surface area contributed by atoms with E-state index in [0.29, 0.717) is 19.3 Å². The largest absolute Gasteiger partial charge is 0.508 e. The fourth-order valence-electron chi connectivity index (χ4n) is 6.14. The van der Waals surface area contributed by atoms with Crippen LogP contribution in [0.1, 0.15) is 63.3 Å². The van der Waals surface area contributed by atoms with E-state index in [4.69, 9.17) is 0 Å². The van der Waals surface area contributed by atoms with Gasteiger partial charge < -0.3 is 15.3 Å². The molecule has 4 rings (SSSR count). The molecule has 4 atom stereocenters. The minimum atomic E-state index is -0.816. The van der Waals surface area contributed by atoms with Gasteiger partial charge in [-0.15, -0.1) is 11.3 Å². The maximum Gasteiger partial charge on any atom is 0.234 e. The quantitative estimate of drug-likeness (QED) is 0.258. The van der Waals surface area contributed by atoms with E-state index >= 15 is 0 Å². The van der Waals surface area contributed by atoms with Gasteiger partial charge in [0.25, 0.3) is 0 Å². The number of fused-ring (bicyclic) bond motifs is 1. The Labute approximate surface area is 229 Å². The molecule has 0 radical (unpaired) electrons. The summed E-state index contributed by atoms with van der Waals surface area (Å²) in [6, 6.07) is 10.9. The summed E-state index contributed by atoms with van der Waals surface area (Å²) in [5.41, 5.74) is 3.83. The molecule has 0 saturated carbocycles. The van der Waals surface area contributed by atoms with E-state index in [1.165, 1.54) is 21.8 Å². The van der Waals surface area contributed by atoms with Crippen LogP contribution in [0.5, 0.6) is 5.75 Å². The van der Waals surface area contributed by atoms with Crippen molar-refractivity contribution in [2.24, 2.45) is 23.7 Å². The lowest BCUT2D eigenvalue weighted by molar-refractivity contribution is -0.140. The van der Waals surface area contributed by atoms with Crippen molar-refractivity contribution in [1.29, 1.82) is 0 Å². The van der Waals surface area contributed by atoms with Gasteiger partial charge in [-0.2, -0.15) is 0 Å². The summed E-state index contributed by atoms with van der Waals surface area (Å²) in [5, 5.41) is 33.8. The molecular formula is C31H39NO5S. The number of carbonyl (C=O) groups excluding carboxylic acids is 2. The van der Waals surface area contributed by atoms with Crippen LogP contribution in [-0.4, -0.2) is 44.7 Å². The van der Waals surface area contributed by atoms with Gasteiger partial charge in [-0.1, -0.05) is 62.6 Å². The van der Waals surface area contributed by atoms with E-state index in [1.54, 1.807) is 12.1 Å². The molecule has 2 amide bonds. The Hall–Kier alpha value is -2.74. The third-order valence-corrected chi connectivity index (χ3v) is 8.77. The number of likely N-dealkylation sites (tertiary alicyclic amines) is 1. The second-order valence-electron chi connectivity index (χ2n) is 10.8. The van der Waals surface area contributed by atoms with Crippen LogP contribution in [0, 0.1) is 23.7 Å². The molecule has 1 aliphatic heterocycles. The Balaban J connectivity index is 1.58. The Morgan fingerprint density at radius 2 is 1.95 bits per heavy atom. The fourth-order valence-corrected chi connectivity index (χ4v) is 6.83. The molecule has 2 aromatic rings. The summed E-state index contributed by atoms with van der Waals surface area (Å²) in [6.07, 6.45) is 4.64. The smallest absolute Gasteiger partial charge is 0.234 e. The van der Waals surface area contributed by atoms with Crippen molar-refractivity contribution in [2.45, 2.75) is 65.5 Å². The number of amides is 2. The molecule has 1 fully saturated rings. The minimum Gasteiger partial charge on any atom is -0.508 e. The van der Waals surface area contributed by atoms with Gasteiger partial charge in [0.05, 0.1) is 31.1 Å². The maximum absolute atomic E-state index is 13.5. The number of phenols is 1. The highest BCUT2D eigenvalue weighted by Gasteiger charge is 2.55. The molecule has 1 aromatic carbocycles. The van der Waals surface area contributed by atoms with Crippen molar-refractivity contribution < 1.29 is 24.9 Å². The predicted octanol–water partition coefficient (Wildman–Crippen LogP) is 5.54. The van der Waals surface area contributed by atoms with Crippen LogP contribution in [0.4, 0.5) is 0 Å². The molecule has 7 heteroatoms. The first-order valence-corrected chi connectivity index (χ1v) is 14.5. The molecule has 0 spiro atoms. The lowest BCUT2D eigenvalue weighted by atomic mass is 9.66. The molecule has 2 heterocycles. The van der Waals surface area contributed by atoms with Crippen molar-refractivity contribution in [3.63, 3.8) is 0 Å². The zero-order valence-electron chi connectivity index (χ0n) is 22.5. The summed E-state index contributed by atoms with van der Waals surface area (Å²) in [7, 11) is 0. The number of carbonyl (C=O) groups is 2. The third kappa shape index (κ3) is 5.95. The highest BCUT2D eigenvalue weighted by atomic mass is 32.1. The summed E-state index contributed by atoms with van der Waals surface area (Å²) >= 11 is 1.51. The number of hydrogen-bond donors (Lipinski definition) is 3. The van der Waals surface area contributed by atoms with Crippen LogP contribution >= 0.6 is 11.3 Å².